The molecule has 26 heavy (non-hydrogen) atoms. The van der Waals surface area contributed by atoms with E-state index in [0.717, 1.165) is 41.3 Å². The van der Waals surface area contributed by atoms with Gasteiger partial charge in [-0.1, -0.05) is 29.8 Å². The second kappa shape index (κ2) is 6.61. The summed E-state index contributed by atoms with van der Waals surface area (Å²) >= 11 is 5.98. The van der Waals surface area contributed by atoms with Gasteiger partial charge in [-0.3, -0.25) is 4.79 Å². The van der Waals surface area contributed by atoms with Crippen LogP contribution in [0.5, 0.6) is 0 Å². The molecular formula is C21H20ClN3O. The van der Waals surface area contributed by atoms with Gasteiger partial charge in [0.2, 0.25) is 5.91 Å². The standard InChI is InChI=1S/C21H20ClN3O/c1-14-19(15(2)25(23-14)18-9-7-17(22)8-10-18)13-21(26)24-12-11-16-5-3-4-6-20(16)24/h3-10H,11-13H2,1-2H3. The number of amides is 1. The molecule has 1 amide bonds. The fourth-order valence-corrected chi connectivity index (χ4v) is 3.73. The highest BCUT2D eigenvalue weighted by Crippen LogP contribution is 2.29. The molecule has 2 heterocycles. The zero-order valence-corrected chi connectivity index (χ0v) is 15.6. The van der Waals surface area contributed by atoms with E-state index < -0.39 is 0 Å². The van der Waals surface area contributed by atoms with Crippen LogP contribution in [0.25, 0.3) is 5.69 Å². The summed E-state index contributed by atoms with van der Waals surface area (Å²) in [7, 11) is 0. The minimum absolute atomic E-state index is 0.122. The Bertz CT molecular complexity index is 975. The summed E-state index contributed by atoms with van der Waals surface area (Å²) in [5.41, 5.74) is 6.10. The number of hydrogen-bond acceptors (Lipinski definition) is 2. The Hall–Kier alpha value is -2.59. The third-order valence-electron chi connectivity index (χ3n) is 5.03. The van der Waals surface area contributed by atoms with Gasteiger partial charge in [0.05, 0.1) is 17.8 Å². The fourth-order valence-electron chi connectivity index (χ4n) is 3.61. The van der Waals surface area contributed by atoms with Crippen molar-refractivity contribution in [2.75, 3.05) is 11.4 Å². The summed E-state index contributed by atoms with van der Waals surface area (Å²) in [6, 6.07) is 15.7. The predicted molar refractivity (Wildman–Crippen MR) is 104 cm³/mol. The zero-order valence-electron chi connectivity index (χ0n) is 14.9. The minimum atomic E-state index is 0.122. The maximum absolute atomic E-state index is 12.9. The third-order valence-corrected chi connectivity index (χ3v) is 5.28. The van der Waals surface area contributed by atoms with Crippen LogP contribution >= 0.6 is 11.6 Å². The van der Waals surface area contributed by atoms with E-state index in [1.165, 1.54) is 5.56 Å². The quantitative estimate of drug-likeness (QED) is 0.695. The molecule has 4 rings (SSSR count). The summed E-state index contributed by atoms with van der Waals surface area (Å²) in [6.07, 6.45) is 1.28. The van der Waals surface area contributed by atoms with E-state index in [2.05, 4.69) is 11.2 Å². The SMILES string of the molecule is Cc1nn(-c2ccc(Cl)cc2)c(C)c1CC(=O)N1CCc2ccccc21. The van der Waals surface area contributed by atoms with Crippen molar-refractivity contribution >= 4 is 23.2 Å². The van der Waals surface area contributed by atoms with Gasteiger partial charge in [0, 0.05) is 28.5 Å². The molecule has 0 N–H and O–H groups in total. The minimum Gasteiger partial charge on any atom is -0.312 e. The molecule has 0 atom stereocenters. The molecule has 0 saturated heterocycles. The third kappa shape index (κ3) is 2.90. The Kier molecular flexibility index (Phi) is 4.29. The highest BCUT2D eigenvalue weighted by atomic mass is 35.5. The summed E-state index contributed by atoms with van der Waals surface area (Å²) in [5.74, 6) is 0.122. The number of benzene rings is 2. The molecule has 0 aliphatic carbocycles. The molecule has 0 unspecified atom stereocenters. The normalized spacial score (nSPS) is 13.1. The summed E-state index contributed by atoms with van der Waals surface area (Å²) in [5, 5.41) is 5.33. The fraction of sp³-hybridized carbons (Fsp3) is 0.238. The van der Waals surface area contributed by atoms with Crippen LogP contribution in [-0.2, 0) is 17.6 Å². The topological polar surface area (TPSA) is 38.1 Å². The lowest BCUT2D eigenvalue weighted by Crippen LogP contribution is -2.30. The summed E-state index contributed by atoms with van der Waals surface area (Å²) in [4.78, 5) is 14.8. The average Bonchev–Trinajstić information content (AvgIpc) is 3.19. The van der Waals surface area contributed by atoms with Crippen molar-refractivity contribution in [2.45, 2.75) is 26.7 Å². The Morgan fingerprint density at radius 1 is 1.12 bits per heavy atom. The first kappa shape index (κ1) is 16.9. The first-order valence-corrected chi connectivity index (χ1v) is 9.11. The number of aromatic nitrogens is 2. The highest BCUT2D eigenvalue weighted by Gasteiger charge is 2.26. The van der Waals surface area contributed by atoms with Gasteiger partial charge in [0.25, 0.3) is 0 Å². The van der Waals surface area contributed by atoms with Gasteiger partial charge < -0.3 is 4.90 Å². The molecule has 4 nitrogen and oxygen atoms in total. The van der Waals surface area contributed by atoms with Crippen LogP contribution in [0.2, 0.25) is 5.02 Å². The number of rotatable bonds is 3. The number of halogens is 1. The molecule has 0 saturated carbocycles. The van der Waals surface area contributed by atoms with Gasteiger partial charge >= 0.3 is 0 Å². The smallest absolute Gasteiger partial charge is 0.231 e. The van der Waals surface area contributed by atoms with Crippen LogP contribution in [0.15, 0.2) is 48.5 Å². The second-order valence-electron chi connectivity index (χ2n) is 6.64. The van der Waals surface area contributed by atoms with Crippen molar-refractivity contribution in [2.24, 2.45) is 0 Å². The number of fused-ring (bicyclic) bond motifs is 1. The van der Waals surface area contributed by atoms with E-state index in [-0.39, 0.29) is 5.91 Å². The van der Waals surface area contributed by atoms with E-state index in [0.29, 0.717) is 11.4 Å². The maximum atomic E-state index is 12.9. The lowest BCUT2D eigenvalue weighted by atomic mass is 10.1. The Morgan fingerprint density at radius 2 is 1.85 bits per heavy atom. The van der Waals surface area contributed by atoms with E-state index in [1.807, 2.05) is 65.9 Å². The van der Waals surface area contributed by atoms with Gasteiger partial charge in [-0.25, -0.2) is 4.68 Å². The molecule has 1 aliphatic heterocycles. The highest BCUT2D eigenvalue weighted by molar-refractivity contribution is 6.30. The maximum Gasteiger partial charge on any atom is 0.231 e. The molecule has 0 radical (unpaired) electrons. The zero-order chi connectivity index (χ0) is 18.3. The first-order chi connectivity index (χ1) is 12.5. The number of carbonyl (C=O) groups is 1. The lowest BCUT2D eigenvalue weighted by molar-refractivity contribution is -0.117. The van der Waals surface area contributed by atoms with Gasteiger partial charge in [-0.05, 0) is 56.2 Å². The van der Waals surface area contributed by atoms with Crippen LogP contribution in [0.4, 0.5) is 5.69 Å². The number of carbonyl (C=O) groups excluding carboxylic acids is 1. The van der Waals surface area contributed by atoms with Crippen LogP contribution in [0.1, 0.15) is 22.5 Å². The Morgan fingerprint density at radius 3 is 2.62 bits per heavy atom. The average molecular weight is 366 g/mol. The predicted octanol–water partition coefficient (Wildman–Crippen LogP) is 4.27. The number of nitrogens with zero attached hydrogens (tertiary/aromatic N) is 3. The molecule has 0 bridgehead atoms. The molecule has 5 heteroatoms. The number of hydrogen-bond donors (Lipinski definition) is 0. The van der Waals surface area contributed by atoms with Gasteiger partial charge in [0.1, 0.15) is 0 Å². The number of para-hydroxylation sites is 1. The summed E-state index contributed by atoms with van der Waals surface area (Å²) < 4.78 is 1.88. The van der Waals surface area contributed by atoms with Crippen molar-refractivity contribution < 1.29 is 4.79 Å². The van der Waals surface area contributed by atoms with E-state index in [4.69, 9.17) is 11.6 Å². The van der Waals surface area contributed by atoms with Gasteiger partial charge in [-0.2, -0.15) is 5.10 Å². The van der Waals surface area contributed by atoms with Crippen molar-refractivity contribution in [3.05, 3.63) is 76.1 Å². The van der Waals surface area contributed by atoms with Crippen LogP contribution in [-0.4, -0.2) is 22.2 Å². The van der Waals surface area contributed by atoms with Crippen LogP contribution in [0.3, 0.4) is 0 Å². The molecular weight excluding hydrogens is 346 g/mol. The second-order valence-corrected chi connectivity index (χ2v) is 7.07. The summed E-state index contributed by atoms with van der Waals surface area (Å²) in [6.45, 7) is 4.72. The first-order valence-electron chi connectivity index (χ1n) is 8.74. The molecule has 3 aromatic rings. The lowest BCUT2D eigenvalue weighted by Gasteiger charge is -2.17. The van der Waals surface area contributed by atoms with Gasteiger partial charge in [-0.15, -0.1) is 0 Å². The van der Waals surface area contributed by atoms with Crippen molar-refractivity contribution in [3.8, 4) is 5.69 Å². The number of aryl methyl sites for hydroxylation is 1. The van der Waals surface area contributed by atoms with Crippen molar-refractivity contribution in [1.82, 2.24) is 9.78 Å². The van der Waals surface area contributed by atoms with Crippen molar-refractivity contribution in [1.29, 1.82) is 0 Å². The number of anilines is 1. The molecule has 0 fully saturated rings. The molecule has 1 aromatic heterocycles. The molecule has 2 aromatic carbocycles. The van der Waals surface area contributed by atoms with Crippen LogP contribution in [0, 0.1) is 13.8 Å². The molecule has 1 aliphatic rings. The van der Waals surface area contributed by atoms with E-state index in [1.54, 1.807) is 0 Å². The van der Waals surface area contributed by atoms with Crippen LogP contribution < -0.4 is 4.90 Å². The van der Waals surface area contributed by atoms with E-state index >= 15 is 0 Å². The largest absolute Gasteiger partial charge is 0.312 e. The Labute approximate surface area is 158 Å². The van der Waals surface area contributed by atoms with Crippen molar-refractivity contribution in [3.63, 3.8) is 0 Å². The Balaban J connectivity index is 1.61. The molecule has 132 valence electrons. The molecule has 0 spiro atoms. The monoisotopic (exact) mass is 365 g/mol. The van der Waals surface area contributed by atoms with Gasteiger partial charge in [0.15, 0.2) is 0 Å². The van der Waals surface area contributed by atoms with E-state index in [9.17, 15) is 4.79 Å².